The molecule has 0 radical (unpaired) electrons. The van der Waals surface area contributed by atoms with E-state index in [1.807, 2.05) is 12.4 Å². The average molecular weight is 197 g/mol. The van der Waals surface area contributed by atoms with Gasteiger partial charge in [0, 0.05) is 32.6 Å². The van der Waals surface area contributed by atoms with Crippen LogP contribution in [0.5, 0.6) is 0 Å². The summed E-state index contributed by atoms with van der Waals surface area (Å²) in [7, 11) is 1.71. The van der Waals surface area contributed by atoms with Gasteiger partial charge in [0.15, 0.2) is 0 Å². The quantitative estimate of drug-likeness (QED) is 0.664. The maximum atomic E-state index is 4.95. The Bertz CT molecular complexity index is 247. The van der Waals surface area contributed by atoms with E-state index in [2.05, 4.69) is 21.8 Å². The Morgan fingerprint density at radius 2 is 2.43 bits per heavy atom. The second kappa shape index (κ2) is 6.56. The molecule has 4 heteroatoms. The first kappa shape index (κ1) is 11.2. The number of rotatable bonds is 7. The monoisotopic (exact) mass is 197 g/mol. The van der Waals surface area contributed by atoms with Crippen molar-refractivity contribution in [2.45, 2.75) is 26.4 Å². The van der Waals surface area contributed by atoms with Gasteiger partial charge in [-0.1, -0.05) is 6.92 Å². The first-order chi connectivity index (χ1) is 6.88. The summed E-state index contributed by atoms with van der Waals surface area (Å²) in [5.41, 5.74) is 0. The van der Waals surface area contributed by atoms with Crippen molar-refractivity contribution in [3.63, 3.8) is 0 Å². The topological polar surface area (TPSA) is 39.1 Å². The van der Waals surface area contributed by atoms with E-state index in [0.29, 0.717) is 0 Å². The van der Waals surface area contributed by atoms with Crippen LogP contribution in [0.1, 0.15) is 19.2 Å². The molecular formula is C10H19N3O. The standard InChI is InChI=1S/C10H19N3O/c1-3-6-13-7-4-12-10(13)9-11-5-8-14-2/h4,7,11H,3,5-6,8-9H2,1-2H3. The Balaban J connectivity index is 2.30. The fourth-order valence-electron chi connectivity index (χ4n) is 1.33. The number of ether oxygens (including phenoxy) is 1. The van der Waals surface area contributed by atoms with Crippen LogP contribution in [-0.4, -0.2) is 29.8 Å². The van der Waals surface area contributed by atoms with E-state index in [1.54, 1.807) is 7.11 Å². The molecule has 1 N–H and O–H groups in total. The number of imidazole rings is 1. The summed E-state index contributed by atoms with van der Waals surface area (Å²) in [5.74, 6) is 1.10. The second-order valence-electron chi connectivity index (χ2n) is 3.21. The van der Waals surface area contributed by atoms with Crippen molar-refractivity contribution in [3.8, 4) is 0 Å². The highest BCUT2D eigenvalue weighted by atomic mass is 16.5. The summed E-state index contributed by atoms with van der Waals surface area (Å²) < 4.78 is 7.13. The molecule has 0 aliphatic carbocycles. The number of methoxy groups -OCH3 is 1. The van der Waals surface area contributed by atoms with Crippen LogP contribution in [0.3, 0.4) is 0 Å². The zero-order chi connectivity index (χ0) is 10.2. The summed E-state index contributed by atoms with van der Waals surface area (Å²) in [5, 5.41) is 3.28. The molecule has 4 nitrogen and oxygen atoms in total. The summed E-state index contributed by atoms with van der Waals surface area (Å²) in [6.07, 6.45) is 5.02. The molecule has 0 aliphatic rings. The molecule has 0 bridgehead atoms. The van der Waals surface area contributed by atoms with E-state index >= 15 is 0 Å². The number of hydrogen-bond donors (Lipinski definition) is 1. The fraction of sp³-hybridized carbons (Fsp3) is 0.700. The van der Waals surface area contributed by atoms with Gasteiger partial charge in [0.1, 0.15) is 5.82 Å². The van der Waals surface area contributed by atoms with E-state index in [9.17, 15) is 0 Å². The number of hydrogen-bond acceptors (Lipinski definition) is 3. The van der Waals surface area contributed by atoms with Crippen molar-refractivity contribution in [2.75, 3.05) is 20.3 Å². The molecule has 1 aromatic rings. The smallest absolute Gasteiger partial charge is 0.122 e. The Kier molecular flexibility index (Phi) is 5.25. The van der Waals surface area contributed by atoms with Gasteiger partial charge in [-0.05, 0) is 6.42 Å². The summed E-state index contributed by atoms with van der Waals surface area (Å²) in [6.45, 7) is 5.64. The minimum Gasteiger partial charge on any atom is -0.383 e. The van der Waals surface area contributed by atoms with Crippen molar-refractivity contribution in [2.24, 2.45) is 0 Å². The largest absolute Gasteiger partial charge is 0.383 e. The molecule has 1 heterocycles. The molecule has 0 atom stereocenters. The van der Waals surface area contributed by atoms with Crippen LogP contribution in [0.25, 0.3) is 0 Å². The van der Waals surface area contributed by atoms with E-state index in [1.165, 1.54) is 0 Å². The van der Waals surface area contributed by atoms with E-state index < -0.39 is 0 Å². The molecule has 1 rings (SSSR count). The molecule has 0 saturated carbocycles. The third-order valence-electron chi connectivity index (χ3n) is 2.03. The van der Waals surface area contributed by atoms with Crippen LogP contribution in [0, 0.1) is 0 Å². The predicted molar refractivity (Wildman–Crippen MR) is 56.1 cm³/mol. The molecule has 0 aliphatic heterocycles. The Hall–Kier alpha value is -0.870. The van der Waals surface area contributed by atoms with Crippen molar-refractivity contribution in [3.05, 3.63) is 18.2 Å². The van der Waals surface area contributed by atoms with Crippen molar-refractivity contribution >= 4 is 0 Å². The average Bonchev–Trinajstić information content (AvgIpc) is 2.61. The highest BCUT2D eigenvalue weighted by Gasteiger charge is 2.00. The van der Waals surface area contributed by atoms with Gasteiger partial charge in [-0.2, -0.15) is 0 Å². The highest BCUT2D eigenvalue weighted by molar-refractivity contribution is 4.91. The van der Waals surface area contributed by atoms with Crippen LogP contribution in [0.15, 0.2) is 12.4 Å². The number of nitrogens with one attached hydrogen (secondary N) is 1. The molecule has 14 heavy (non-hydrogen) atoms. The number of aromatic nitrogens is 2. The zero-order valence-corrected chi connectivity index (χ0v) is 8.99. The van der Waals surface area contributed by atoms with Crippen molar-refractivity contribution in [1.29, 1.82) is 0 Å². The molecule has 1 aromatic heterocycles. The lowest BCUT2D eigenvalue weighted by molar-refractivity contribution is 0.199. The van der Waals surface area contributed by atoms with Gasteiger partial charge >= 0.3 is 0 Å². The molecule has 0 aromatic carbocycles. The van der Waals surface area contributed by atoms with Gasteiger partial charge < -0.3 is 14.6 Å². The van der Waals surface area contributed by atoms with Crippen LogP contribution < -0.4 is 5.32 Å². The molecule has 0 spiro atoms. The lowest BCUT2D eigenvalue weighted by Crippen LogP contribution is -2.21. The lowest BCUT2D eigenvalue weighted by Gasteiger charge is -2.07. The van der Waals surface area contributed by atoms with Gasteiger partial charge in [-0.25, -0.2) is 4.98 Å². The SMILES string of the molecule is CCCn1ccnc1CNCCOC. The minimum atomic E-state index is 0.745. The normalized spacial score (nSPS) is 10.7. The fourth-order valence-corrected chi connectivity index (χ4v) is 1.33. The van der Waals surface area contributed by atoms with E-state index in [0.717, 1.165) is 38.5 Å². The zero-order valence-electron chi connectivity index (χ0n) is 8.99. The van der Waals surface area contributed by atoms with Gasteiger partial charge in [-0.3, -0.25) is 0 Å². The van der Waals surface area contributed by atoms with Gasteiger partial charge in [0.2, 0.25) is 0 Å². The minimum absolute atomic E-state index is 0.745. The van der Waals surface area contributed by atoms with Gasteiger partial charge in [0.25, 0.3) is 0 Å². The molecule has 80 valence electrons. The Labute approximate surface area is 85.3 Å². The number of aryl methyl sites for hydroxylation is 1. The van der Waals surface area contributed by atoms with Gasteiger partial charge in [0.05, 0.1) is 13.2 Å². The van der Waals surface area contributed by atoms with Crippen LogP contribution >= 0.6 is 0 Å². The molecule has 0 amide bonds. The maximum Gasteiger partial charge on any atom is 0.122 e. The first-order valence-electron chi connectivity index (χ1n) is 5.08. The summed E-state index contributed by atoms with van der Waals surface area (Å²) in [6, 6.07) is 0. The Morgan fingerprint density at radius 3 is 3.14 bits per heavy atom. The van der Waals surface area contributed by atoms with Crippen LogP contribution in [0.4, 0.5) is 0 Å². The lowest BCUT2D eigenvalue weighted by atomic mass is 10.4. The predicted octanol–water partition coefficient (Wildman–Crippen LogP) is 1.03. The van der Waals surface area contributed by atoms with E-state index in [-0.39, 0.29) is 0 Å². The summed E-state index contributed by atoms with van der Waals surface area (Å²) in [4.78, 5) is 4.29. The van der Waals surface area contributed by atoms with Crippen molar-refractivity contribution in [1.82, 2.24) is 14.9 Å². The maximum absolute atomic E-state index is 4.95. The molecule has 0 unspecified atom stereocenters. The molecule has 0 saturated heterocycles. The van der Waals surface area contributed by atoms with Crippen molar-refractivity contribution < 1.29 is 4.74 Å². The van der Waals surface area contributed by atoms with Gasteiger partial charge in [-0.15, -0.1) is 0 Å². The van der Waals surface area contributed by atoms with Crippen LogP contribution in [0.2, 0.25) is 0 Å². The van der Waals surface area contributed by atoms with E-state index in [4.69, 9.17) is 4.74 Å². The van der Waals surface area contributed by atoms with Crippen LogP contribution in [-0.2, 0) is 17.8 Å². The highest BCUT2D eigenvalue weighted by Crippen LogP contribution is 1.98. The Morgan fingerprint density at radius 1 is 1.57 bits per heavy atom. The molecular weight excluding hydrogens is 178 g/mol. The second-order valence-corrected chi connectivity index (χ2v) is 3.21. The first-order valence-corrected chi connectivity index (χ1v) is 5.08. The third-order valence-corrected chi connectivity index (χ3v) is 2.03. The summed E-state index contributed by atoms with van der Waals surface area (Å²) >= 11 is 0. The third kappa shape index (κ3) is 3.47. The molecule has 0 fully saturated rings. The number of nitrogens with zero attached hydrogens (tertiary/aromatic N) is 2.